The van der Waals surface area contributed by atoms with E-state index in [4.69, 9.17) is 5.11 Å². The summed E-state index contributed by atoms with van der Waals surface area (Å²) < 4.78 is 33.9. The molecule has 0 saturated heterocycles. The Morgan fingerprint density at radius 2 is 2.00 bits per heavy atom. The zero-order valence-electron chi connectivity index (χ0n) is 5.07. The summed E-state index contributed by atoms with van der Waals surface area (Å²) in [5.41, 5.74) is 0. The molecule has 1 amide bonds. The Bertz CT molecular complexity index is 131. The Morgan fingerprint density at radius 3 is 2.10 bits per heavy atom. The molecule has 0 fully saturated rings. The summed E-state index contributed by atoms with van der Waals surface area (Å²) in [6.45, 7) is 1.02. The fourth-order valence-electron chi connectivity index (χ4n) is 0.272. The van der Waals surface area contributed by atoms with Gasteiger partial charge in [0.2, 0.25) is 0 Å². The van der Waals surface area contributed by atoms with E-state index in [2.05, 4.69) is 0 Å². The average molecular weight is 157 g/mol. The number of amides is 1. The summed E-state index contributed by atoms with van der Waals surface area (Å²) in [5, 5.41) is 9.53. The van der Waals surface area contributed by atoms with Gasteiger partial charge in [-0.25, -0.2) is 0 Å². The molecule has 0 spiro atoms. The molecular formula is C4H6F3NO2. The van der Waals surface area contributed by atoms with Crippen molar-refractivity contribution in [1.82, 2.24) is 5.32 Å². The van der Waals surface area contributed by atoms with E-state index in [0.29, 0.717) is 0 Å². The Hall–Kier alpha value is -0.780. The Labute approximate surface area is 54.8 Å². The highest BCUT2D eigenvalue weighted by atomic mass is 19.4. The van der Waals surface area contributed by atoms with Crippen LogP contribution in [0.1, 0.15) is 6.92 Å². The summed E-state index contributed by atoms with van der Waals surface area (Å²) in [5.74, 6) is -2.14. The van der Waals surface area contributed by atoms with Crippen LogP contribution in [0.15, 0.2) is 0 Å². The lowest BCUT2D eigenvalue weighted by molar-refractivity contribution is -0.176. The van der Waals surface area contributed by atoms with E-state index < -0.39 is 18.3 Å². The van der Waals surface area contributed by atoms with E-state index in [1.54, 1.807) is 0 Å². The lowest BCUT2D eigenvalue weighted by Crippen LogP contribution is -2.41. The van der Waals surface area contributed by atoms with E-state index in [1.165, 1.54) is 5.32 Å². The number of nitrogens with one attached hydrogen (secondary N) is 1. The van der Waals surface area contributed by atoms with Crippen molar-refractivity contribution in [3.8, 4) is 0 Å². The number of aliphatic hydroxyl groups excluding tert-OH is 1. The highest BCUT2D eigenvalue weighted by molar-refractivity contribution is 5.81. The molecule has 0 bridgehead atoms. The zero-order valence-corrected chi connectivity index (χ0v) is 5.07. The number of rotatable bonds is 1. The van der Waals surface area contributed by atoms with E-state index in [1.807, 2.05) is 0 Å². The molecular weight excluding hydrogens is 151 g/mol. The second-order valence-corrected chi connectivity index (χ2v) is 1.65. The Morgan fingerprint density at radius 1 is 1.60 bits per heavy atom. The third-order valence-electron chi connectivity index (χ3n) is 0.597. The third kappa shape index (κ3) is 3.29. The fraction of sp³-hybridized carbons (Fsp3) is 0.750. The largest absolute Gasteiger partial charge is 0.471 e. The van der Waals surface area contributed by atoms with Gasteiger partial charge in [0.25, 0.3) is 0 Å². The molecule has 0 aliphatic carbocycles. The molecule has 2 N–H and O–H groups in total. The van der Waals surface area contributed by atoms with Gasteiger partial charge >= 0.3 is 12.1 Å². The molecule has 0 saturated carbocycles. The van der Waals surface area contributed by atoms with Crippen LogP contribution < -0.4 is 5.32 Å². The van der Waals surface area contributed by atoms with Gasteiger partial charge in [-0.3, -0.25) is 4.79 Å². The predicted octanol–water partition coefficient (Wildman–Crippen LogP) is 0.00320. The van der Waals surface area contributed by atoms with Gasteiger partial charge in [-0.1, -0.05) is 0 Å². The molecule has 0 heterocycles. The maximum Gasteiger partial charge on any atom is 0.471 e. The molecule has 0 radical (unpaired) electrons. The topological polar surface area (TPSA) is 49.3 Å². The quantitative estimate of drug-likeness (QED) is 0.526. The van der Waals surface area contributed by atoms with E-state index in [9.17, 15) is 18.0 Å². The summed E-state index contributed by atoms with van der Waals surface area (Å²) in [6.07, 6.45) is -6.40. The molecule has 1 atom stereocenters. The second kappa shape index (κ2) is 2.87. The van der Waals surface area contributed by atoms with Crippen molar-refractivity contribution < 1.29 is 23.1 Å². The monoisotopic (exact) mass is 157 g/mol. The molecule has 0 aromatic rings. The van der Waals surface area contributed by atoms with Gasteiger partial charge in [0.15, 0.2) is 0 Å². The molecule has 3 nitrogen and oxygen atoms in total. The van der Waals surface area contributed by atoms with Crippen LogP contribution >= 0.6 is 0 Å². The minimum Gasteiger partial charge on any atom is -0.374 e. The Kier molecular flexibility index (Phi) is 2.65. The van der Waals surface area contributed by atoms with Crippen LogP contribution in [-0.2, 0) is 4.79 Å². The minimum absolute atomic E-state index is 1.02. The smallest absolute Gasteiger partial charge is 0.374 e. The van der Waals surface area contributed by atoms with E-state index >= 15 is 0 Å². The molecule has 1 unspecified atom stereocenters. The summed E-state index contributed by atoms with van der Waals surface area (Å²) in [6, 6.07) is 0. The van der Waals surface area contributed by atoms with Crippen molar-refractivity contribution in [2.75, 3.05) is 0 Å². The predicted molar refractivity (Wildman–Crippen MR) is 25.9 cm³/mol. The van der Waals surface area contributed by atoms with Crippen LogP contribution in [0.25, 0.3) is 0 Å². The minimum atomic E-state index is -4.92. The van der Waals surface area contributed by atoms with Gasteiger partial charge in [0.1, 0.15) is 6.23 Å². The van der Waals surface area contributed by atoms with Crippen molar-refractivity contribution in [2.45, 2.75) is 19.3 Å². The van der Waals surface area contributed by atoms with Gasteiger partial charge in [-0.05, 0) is 6.92 Å². The zero-order chi connectivity index (χ0) is 8.36. The first-order valence-corrected chi connectivity index (χ1v) is 2.40. The molecule has 0 aromatic carbocycles. The van der Waals surface area contributed by atoms with Gasteiger partial charge < -0.3 is 10.4 Å². The first kappa shape index (κ1) is 9.22. The average Bonchev–Trinajstić information content (AvgIpc) is 1.60. The second-order valence-electron chi connectivity index (χ2n) is 1.65. The maximum atomic E-state index is 11.3. The summed E-state index contributed by atoms with van der Waals surface area (Å²) in [4.78, 5) is 9.88. The summed E-state index contributed by atoms with van der Waals surface area (Å²) >= 11 is 0. The Balaban J connectivity index is 3.87. The number of carbonyl (C=O) groups excluding carboxylic acids is 1. The van der Waals surface area contributed by atoms with E-state index in [-0.39, 0.29) is 0 Å². The van der Waals surface area contributed by atoms with Crippen LogP contribution in [0.5, 0.6) is 0 Å². The van der Waals surface area contributed by atoms with Crippen molar-refractivity contribution >= 4 is 5.91 Å². The first-order chi connectivity index (χ1) is 4.34. The normalized spacial score (nSPS) is 14.5. The molecule has 0 aliphatic rings. The fourth-order valence-corrected chi connectivity index (χ4v) is 0.272. The van der Waals surface area contributed by atoms with E-state index in [0.717, 1.165) is 6.92 Å². The number of alkyl halides is 3. The number of aliphatic hydroxyl groups is 1. The molecule has 0 aliphatic heterocycles. The first-order valence-electron chi connectivity index (χ1n) is 2.40. The molecule has 0 aromatic heterocycles. The molecule has 6 heteroatoms. The highest BCUT2D eigenvalue weighted by Crippen LogP contribution is 2.13. The number of hydrogen-bond acceptors (Lipinski definition) is 2. The molecule has 0 rings (SSSR count). The van der Waals surface area contributed by atoms with Crippen LogP contribution in [0, 0.1) is 0 Å². The van der Waals surface area contributed by atoms with Crippen molar-refractivity contribution in [2.24, 2.45) is 0 Å². The van der Waals surface area contributed by atoms with Gasteiger partial charge in [0.05, 0.1) is 0 Å². The summed E-state index contributed by atoms with van der Waals surface area (Å²) in [7, 11) is 0. The van der Waals surface area contributed by atoms with Gasteiger partial charge in [-0.2, -0.15) is 13.2 Å². The van der Waals surface area contributed by atoms with Crippen LogP contribution in [-0.4, -0.2) is 23.4 Å². The van der Waals surface area contributed by atoms with Gasteiger partial charge in [0, 0.05) is 0 Å². The SMILES string of the molecule is CC(O)NC(=O)C(F)(F)F. The molecule has 60 valence electrons. The number of carbonyl (C=O) groups is 1. The molecule has 10 heavy (non-hydrogen) atoms. The van der Waals surface area contributed by atoms with Crippen molar-refractivity contribution in [1.29, 1.82) is 0 Å². The number of halogens is 3. The lowest BCUT2D eigenvalue weighted by atomic mass is 10.5. The third-order valence-corrected chi connectivity index (χ3v) is 0.597. The van der Waals surface area contributed by atoms with Crippen LogP contribution in [0.4, 0.5) is 13.2 Å². The van der Waals surface area contributed by atoms with Crippen LogP contribution in [0.3, 0.4) is 0 Å². The van der Waals surface area contributed by atoms with Gasteiger partial charge in [-0.15, -0.1) is 0 Å². The maximum absolute atomic E-state index is 11.3. The lowest BCUT2D eigenvalue weighted by Gasteiger charge is -2.08. The highest BCUT2D eigenvalue weighted by Gasteiger charge is 2.38. The standard InChI is InChI=1S/C4H6F3NO2/c1-2(9)8-3(10)4(5,6)7/h2,9H,1H3,(H,8,10). The number of hydrogen-bond donors (Lipinski definition) is 2. The van der Waals surface area contributed by atoms with Crippen LogP contribution in [0.2, 0.25) is 0 Å². The van der Waals surface area contributed by atoms with Crippen molar-refractivity contribution in [3.63, 3.8) is 0 Å². The van der Waals surface area contributed by atoms with Crippen molar-refractivity contribution in [3.05, 3.63) is 0 Å².